The lowest BCUT2D eigenvalue weighted by molar-refractivity contribution is -0.318. The van der Waals surface area contributed by atoms with E-state index in [1.165, 1.54) is 12.1 Å². The molecule has 0 N–H and O–H groups in total. The highest BCUT2D eigenvalue weighted by Gasteiger charge is 2.60. The van der Waals surface area contributed by atoms with Gasteiger partial charge in [-0.05, 0) is 12.1 Å². The van der Waals surface area contributed by atoms with Gasteiger partial charge in [0, 0.05) is 0 Å². The lowest BCUT2D eigenvalue weighted by Crippen LogP contribution is -2.34. The summed E-state index contributed by atoms with van der Waals surface area (Å²) in [6.07, 6.45) is 0. The van der Waals surface area contributed by atoms with Crippen molar-refractivity contribution in [2.45, 2.75) is 0 Å². The summed E-state index contributed by atoms with van der Waals surface area (Å²) >= 11 is 17.7. The van der Waals surface area contributed by atoms with Gasteiger partial charge in [-0.2, -0.15) is 0 Å². The molecule has 3 saturated heterocycles. The lowest BCUT2D eigenvalue weighted by atomic mass is 10.3. The van der Waals surface area contributed by atoms with Gasteiger partial charge >= 0.3 is 7.82 Å². The summed E-state index contributed by atoms with van der Waals surface area (Å²) < 4.78 is 25.5. The molecular formula is C6H2Cl3N2O4P. The van der Waals surface area contributed by atoms with Gasteiger partial charge in [0.1, 0.15) is 5.69 Å². The zero-order chi connectivity index (χ0) is 11.5. The molecule has 4 rings (SSSR count). The van der Waals surface area contributed by atoms with Crippen LogP contribution in [-0.4, -0.2) is 5.34 Å². The zero-order valence-corrected chi connectivity index (χ0v) is 10.4. The number of rotatable bonds is 1. The average molecular weight is 303 g/mol. The van der Waals surface area contributed by atoms with Gasteiger partial charge in [0.25, 0.3) is 0 Å². The van der Waals surface area contributed by atoms with Crippen LogP contribution in [0.4, 0.5) is 5.69 Å². The van der Waals surface area contributed by atoms with Crippen molar-refractivity contribution in [1.82, 2.24) is 5.34 Å². The summed E-state index contributed by atoms with van der Waals surface area (Å²) in [6.45, 7) is 0. The minimum atomic E-state index is -3.48. The molecule has 3 heterocycles. The van der Waals surface area contributed by atoms with Crippen LogP contribution >= 0.6 is 42.6 Å². The van der Waals surface area contributed by atoms with Crippen LogP contribution in [0.1, 0.15) is 0 Å². The van der Waals surface area contributed by atoms with Crippen LogP contribution in [0.2, 0.25) is 15.1 Å². The van der Waals surface area contributed by atoms with Crippen LogP contribution in [0.15, 0.2) is 12.1 Å². The molecule has 2 bridgehead atoms. The number of nitrogens with zero attached hydrogens (tertiary/aromatic N) is 2. The molecule has 0 spiro atoms. The number of hydrogen-bond donors (Lipinski definition) is 0. The Morgan fingerprint density at radius 2 is 1.69 bits per heavy atom. The van der Waals surface area contributed by atoms with E-state index in [2.05, 4.69) is 9.25 Å². The quantitative estimate of drug-likeness (QED) is 0.583. The molecule has 6 nitrogen and oxygen atoms in total. The van der Waals surface area contributed by atoms with Gasteiger partial charge in [0.2, 0.25) is 0 Å². The normalized spacial score (nSPS) is 31.7. The fraction of sp³-hybridized carbons (Fsp3) is 0. The van der Waals surface area contributed by atoms with Crippen LogP contribution in [0.3, 0.4) is 0 Å². The highest BCUT2D eigenvalue weighted by Crippen LogP contribution is 2.68. The van der Waals surface area contributed by atoms with E-state index < -0.39 is 7.82 Å². The Morgan fingerprint density at radius 1 is 1.06 bits per heavy atom. The first kappa shape index (κ1) is 11.1. The SMILES string of the molecule is O=P12ON(O1)N(c1c(Cl)ccc(Cl)c1Cl)O2. The van der Waals surface area contributed by atoms with Crippen LogP contribution in [0.25, 0.3) is 0 Å². The molecule has 1 aromatic carbocycles. The standard InChI is InChI=1S/C6H2Cl3N2O4P/c7-3-1-2-4(8)6(5(3)9)10-11-14-16(12,13-10)15-11/h1-2H. The summed E-state index contributed by atoms with van der Waals surface area (Å²) in [5, 5.41) is 2.37. The van der Waals surface area contributed by atoms with Crippen molar-refractivity contribution in [3.05, 3.63) is 27.2 Å². The summed E-state index contributed by atoms with van der Waals surface area (Å²) in [7, 11) is -3.48. The van der Waals surface area contributed by atoms with Gasteiger partial charge in [-0.25, -0.2) is 4.57 Å². The van der Waals surface area contributed by atoms with E-state index in [0.717, 1.165) is 10.5 Å². The Balaban J connectivity index is 2.08. The molecule has 0 aromatic heterocycles. The number of fused-ring (bicyclic) bond motifs is 1. The number of phosphoric acid groups is 1. The van der Waals surface area contributed by atoms with Crippen LogP contribution in [0.5, 0.6) is 0 Å². The fourth-order valence-corrected chi connectivity index (χ4v) is 2.76. The van der Waals surface area contributed by atoms with Gasteiger partial charge in [-0.1, -0.05) is 34.8 Å². The Morgan fingerprint density at radius 3 is 2.25 bits per heavy atom. The first-order valence-electron chi connectivity index (χ1n) is 3.93. The Kier molecular flexibility index (Phi) is 2.41. The first-order valence-corrected chi connectivity index (χ1v) is 6.52. The van der Waals surface area contributed by atoms with Crippen LogP contribution in [0, 0.1) is 0 Å². The molecule has 0 amide bonds. The molecule has 0 unspecified atom stereocenters. The van der Waals surface area contributed by atoms with Crippen LogP contribution in [-0.2, 0) is 18.4 Å². The van der Waals surface area contributed by atoms with Gasteiger partial charge in [-0.15, -0.1) is 19.0 Å². The van der Waals surface area contributed by atoms with Crippen molar-refractivity contribution in [3.8, 4) is 0 Å². The molecule has 16 heavy (non-hydrogen) atoms. The maximum atomic E-state index is 11.3. The number of hydrogen-bond acceptors (Lipinski definition) is 6. The third-order valence-electron chi connectivity index (χ3n) is 1.88. The zero-order valence-electron chi connectivity index (χ0n) is 7.26. The van der Waals surface area contributed by atoms with E-state index in [1.807, 2.05) is 0 Å². The highest BCUT2D eigenvalue weighted by atomic mass is 35.5. The molecular weight excluding hydrogens is 301 g/mol. The molecule has 0 saturated carbocycles. The summed E-state index contributed by atoms with van der Waals surface area (Å²) in [4.78, 5) is 0. The monoisotopic (exact) mass is 302 g/mol. The molecule has 0 radical (unpaired) electrons. The molecule has 0 atom stereocenters. The third-order valence-corrected chi connectivity index (χ3v) is 4.01. The third kappa shape index (κ3) is 1.47. The predicted molar refractivity (Wildman–Crippen MR) is 56.7 cm³/mol. The molecule has 3 aliphatic rings. The van der Waals surface area contributed by atoms with Crippen molar-refractivity contribution >= 4 is 48.3 Å². The molecule has 10 heteroatoms. The van der Waals surface area contributed by atoms with Gasteiger partial charge < -0.3 is 0 Å². The van der Waals surface area contributed by atoms with Crippen molar-refractivity contribution in [2.75, 3.05) is 5.17 Å². The van der Waals surface area contributed by atoms with E-state index >= 15 is 0 Å². The van der Waals surface area contributed by atoms with Crippen molar-refractivity contribution in [3.63, 3.8) is 0 Å². The largest absolute Gasteiger partial charge is 0.538 e. The van der Waals surface area contributed by atoms with Gasteiger partial charge in [0.05, 0.1) is 20.4 Å². The Bertz CT molecular complexity index is 517. The maximum Gasteiger partial charge on any atom is 0.538 e. The van der Waals surface area contributed by atoms with Gasteiger partial charge in [0.15, 0.2) is 0 Å². The molecule has 0 aliphatic carbocycles. The second-order valence-corrected chi connectivity index (χ2v) is 5.47. The Labute approximate surface area is 105 Å². The van der Waals surface area contributed by atoms with E-state index in [0.29, 0.717) is 0 Å². The summed E-state index contributed by atoms with van der Waals surface area (Å²) in [5.41, 5.74) is 0.200. The molecule has 3 fully saturated rings. The van der Waals surface area contributed by atoms with Gasteiger partial charge in [-0.3, -0.25) is 0 Å². The summed E-state index contributed by atoms with van der Waals surface area (Å²) in [5.74, 6) is 0. The van der Waals surface area contributed by atoms with Crippen molar-refractivity contribution < 1.29 is 18.4 Å². The van der Waals surface area contributed by atoms with Crippen molar-refractivity contribution in [2.24, 2.45) is 0 Å². The first-order chi connectivity index (χ1) is 7.50. The molecule has 3 aliphatic heterocycles. The maximum absolute atomic E-state index is 11.3. The minimum Gasteiger partial charge on any atom is -0.222 e. The number of hydrazine groups is 1. The topological polar surface area (TPSA) is 51.2 Å². The van der Waals surface area contributed by atoms with E-state index in [1.54, 1.807) is 0 Å². The van der Waals surface area contributed by atoms with Crippen molar-refractivity contribution in [1.29, 1.82) is 0 Å². The Hall–Kier alpha value is -0.0400. The number of halogens is 3. The van der Waals surface area contributed by atoms with E-state index in [9.17, 15) is 4.57 Å². The summed E-state index contributed by atoms with van der Waals surface area (Å²) in [6, 6.07) is 3.04. The lowest BCUT2D eigenvalue weighted by Gasteiger charge is -2.22. The predicted octanol–water partition coefficient (Wildman–Crippen LogP) is 3.60. The number of anilines is 1. The minimum absolute atomic E-state index is 0.140. The second-order valence-electron chi connectivity index (χ2n) is 2.89. The molecule has 1 aromatic rings. The number of benzene rings is 1. The van der Waals surface area contributed by atoms with E-state index in [4.69, 9.17) is 39.4 Å². The second kappa shape index (κ2) is 3.48. The highest BCUT2D eigenvalue weighted by molar-refractivity contribution is 7.49. The van der Waals surface area contributed by atoms with E-state index in [-0.39, 0.29) is 20.8 Å². The fourth-order valence-electron chi connectivity index (χ4n) is 1.21. The van der Waals surface area contributed by atoms with Crippen LogP contribution < -0.4 is 5.17 Å². The average Bonchev–Trinajstić information content (AvgIpc) is 2.65. The smallest absolute Gasteiger partial charge is 0.222 e. The molecule has 86 valence electrons.